The van der Waals surface area contributed by atoms with E-state index >= 15 is 0 Å². The minimum atomic E-state index is -1.42. The van der Waals surface area contributed by atoms with E-state index in [0.717, 1.165) is 16.5 Å². The summed E-state index contributed by atoms with van der Waals surface area (Å²) in [7, 11) is 1.40. The van der Waals surface area contributed by atoms with Crippen LogP contribution in [0.4, 0.5) is 10.1 Å². The van der Waals surface area contributed by atoms with E-state index in [1.54, 1.807) is 25.1 Å². The van der Waals surface area contributed by atoms with Crippen molar-refractivity contribution in [1.82, 2.24) is 15.4 Å². The summed E-state index contributed by atoms with van der Waals surface area (Å²) in [4.78, 5) is 57.4. The maximum Gasteiger partial charge on any atom is 0.276 e. The van der Waals surface area contributed by atoms with Gasteiger partial charge in [-0.25, -0.2) is 14.3 Å². The van der Waals surface area contributed by atoms with Crippen LogP contribution in [0.2, 0.25) is 0 Å². The number of methoxy groups -OCH3 is 1. The summed E-state index contributed by atoms with van der Waals surface area (Å²) in [6.07, 6.45) is 2.31. The third kappa shape index (κ3) is 4.58. The molecule has 4 rings (SSSR count). The van der Waals surface area contributed by atoms with Crippen molar-refractivity contribution in [2.24, 2.45) is 0 Å². The van der Waals surface area contributed by atoms with E-state index in [0.29, 0.717) is 5.01 Å². The van der Waals surface area contributed by atoms with Crippen LogP contribution in [0.1, 0.15) is 32.7 Å². The molecule has 1 unspecified atom stereocenters. The highest BCUT2D eigenvalue weighted by molar-refractivity contribution is 6.24. The maximum atomic E-state index is 14.5. The number of rotatable bonds is 5. The summed E-state index contributed by atoms with van der Waals surface area (Å²) in [5.41, 5.74) is 3.09. The van der Waals surface area contributed by atoms with Crippen LogP contribution in [-0.4, -0.2) is 46.8 Å². The van der Waals surface area contributed by atoms with E-state index in [2.05, 4.69) is 10.4 Å². The van der Waals surface area contributed by atoms with Crippen LogP contribution in [0.15, 0.2) is 67.0 Å². The van der Waals surface area contributed by atoms with Gasteiger partial charge in [0.15, 0.2) is 0 Å². The highest BCUT2D eigenvalue weighted by Crippen LogP contribution is 2.34. The molecule has 10 heteroatoms. The van der Waals surface area contributed by atoms with E-state index in [-0.39, 0.29) is 22.6 Å². The maximum absolute atomic E-state index is 14.5. The Morgan fingerprint density at radius 3 is 2.60 bits per heavy atom. The van der Waals surface area contributed by atoms with Gasteiger partial charge in [0.05, 0.1) is 30.3 Å². The first-order chi connectivity index (χ1) is 16.8. The molecule has 1 aliphatic rings. The highest BCUT2D eigenvalue weighted by Gasteiger charge is 2.46. The Kier molecular flexibility index (Phi) is 6.54. The summed E-state index contributed by atoms with van der Waals surface area (Å²) < 4.78 is 19.8. The number of aromatic nitrogens is 1. The zero-order chi connectivity index (χ0) is 25.1. The highest BCUT2D eigenvalue weighted by atomic mass is 19.1. The van der Waals surface area contributed by atoms with Gasteiger partial charge in [0.2, 0.25) is 5.91 Å². The molecule has 0 spiro atoms. The fourth-order valence-corrected chi connectivity index (χ4v) is 3.75. The molecule has 0 saturated carbocycles. The van der Waals surface area contributed by atoms with Gasteiger partial charge in [-0.2, -0.15) is 0 Å². The molecule has 9 nitrogen and oxygen atoms in total. The van der Waals surface area contributed by atoms with E-state index in [1.807, 2.05) is 0 Å². The predicted molar refractivity (Wildman–Crippen MR) is 123 cm³/mol. The number of carbonyl (C=O) groups excluding carboxylic acids is 4. The standard InChI is InChI=1S/C25H21FN4O5/c1-15-9-10-21(35-2)19(12-15)29-22(31)13-20(25(29)34)30(24(33)17-7-3-4-8-18(17)26)28-23(32)16-6-5-11-27-14-16/h3-12,14,20H,13H2,1-2H3,(H,28,32). The molecule has 1 atom stereocenters. The quantitative estimate of drug-likeness (QED) is 0.448. The van der Waals surface area contributed by atoms with Crippen molar-refractivity contribution < 1.29 is 28.3 Å². The van der Waals surface area contributed by atoms with Gasteiger partial charge in [-0.05, 0) is 48.9 Å². The number of halogens is 1. The lowest BCUT2D eigenvalue weighted by molar-refractivity contribution is -0.122. The van der Waals surface area contributed by atoms with Gasteiger partial charge in [-0.15, -0.1) is 0 Å². The lowest BCUT2D eigenvalue weighted by Gasteiger charge is -2.28. The number of hydrazine groups is 1. The van der Waals surface area contributed by atoms with Crippen molar-refractivity contribution in [3.8, 4) is 5.75 Å². The first-order valence-electron chi connectivity index (χ1n) is 10.6. The average molecular weight is 476 g/mol. The van der Waals surface area contributed by atoms with Gasteiger partial charge in [0, 0.05) is 12.4 Å². The monoisotopic (exact) mass is 476 g/mol. The summed E-state index contributed by atoms with van der Waals surface area (Å²) in [6, 6.07) is 11.7. The minimum absolute atomic E-state index is 0.104. The van der Waals surface area contributed by atoms with Crippen LogP contribution >= 0.6 is 0 Å². The molecule has 0 aliphatic carbocycles. The third-order valence-corrected chi connectivity index (χ3v) is 5.48. The summed E-state index contributed by atoms with van der Waals surface area (Å²) >= 11 is 0. The smallest absolute Gasteiger partial charge is 0.276 e. The zero-order valence-electron chi connectivity index (χ0n) is 18.9. The fourth-order valence-electron chi connectivity index (χ4n) is 3.75. The molecule has 1 aromatic heterocycles. The molecule has 1 N–H and O–H groups in total. The van der Waals surface area contributed by atoms with E-state index in [9.17, 15) is 23.6 Å². The van der Waals surface area contributed by atoms with Gasteiger partial charge in [0.1, 0.15) is 17.6 Å². The second kappa shape index (κ2) is 9.72. The zero-order valence-corrected chi connectivity index (χ0v) is 18.9. The molecular formula is C25H21FN4O5. The van der Waals surface area contributed by atoms with Gasteiger partial charge >= 0.3 is 0 Å². The van der Waals surface area contributed by atoms with Gasteiger partial charge in [-0.3, -0.25) is 29.6 Å². The summed E-state index contributed by atoms with van der Waals surface area (Å²) in [5, 5.41) is 0.705. The molecular weight excluding hydrogens is 455 g/mol. The summed E-state index contributed by atoms with van der Waals surface area (Å²) in [5.74, 6) is -3.67. The molecule has 1 fully saturated rings. The van der Waals surface area contributed by atoms with Crippen molar-refractivity contribution in [3.63, 3.8) is 0 Å². The van der Waals surface area contributed by atoms with Crippen molar-refractivity contribution in [2.45, 2.75) is 19.4 Å². The van der Waals surface area contributed by atoms with Crippen LogP contribution < -0.4 is 15.1 Å². The Morgan fingerprint density at radius 1 is 1.14 bits per heavy atom. The third-order valence-electron chi connectivity index (χ3n) is 5.48. The normalized spacial score (nSPS) is 15.2. The molecule has 0 bridgehead atoms. The SMILES string of the molecule is COc1ccc(C)cc1N1C(=O)CC(N(NC(=O)c2cccnc2)C(=O)c2ccccc2F)C1=O. The van der Waals surface area contributed by atoms with E-state index in [1.165, 1.54) is 49.8 Å². The molecule has 35 heavy (non-hydrogen) atoms. The number of nitrogens with zero attached hydrogens (tertiary/aromatic N) is 3. The van der Waals surface area contributed by atoms with Crippen LogP contribution in [0.3, 0.4) is 0 Å². The molecule has 0 radical (unpaired) electrons. The first kappa shape index (κ1) is 23.6. The van der Waals surface area contributed by atoms with Crippen molar-refractivity contribution >= 4 is 29.3 Å². The number of benzene rings is 2. The molecule has 3 aromatic rings. The predicted octanol–water partition coefficient (Wildman–Crippen LogP) is 2.66. The van der Waals surface area contributed by atoms with Gasteiger partial charge < -0.3 is 4.74 Å². The number of anilines is 1. The number of carbonyl (C=O) groups is 4. The Labute approximate surface area is 200 Å². The molecule has 4 amide bonds. The number of hydrogen-bond acceptors (Lipinski definition) is 6. The van der Waals surface area contributed by atoms with Crippen LogP contribution in [0.25, 0.3) is 0 Å². The average Bonchev–Trinajstić information content (AvgIpc) is 3.16. The molecule has 178 valence electrons. The van der Waals surface area contributed by atoms with E-state index in [4.69, 9.17) is 4.74 Å². The molecule has 1 aliphatic heterocycles. The Hall–Kier alpha value is -4.60. The number of hydrogen-bond donors (Lipinski definition) is 1. The van der Waals surface area contributed by atoms with E-state index < -0.39 is 41.9 Å². The number of ether oxygens (including phenoxy) is 1. The fraction of sp³-hybridized carbons (Fsp3) is 0.160. The largest absolute Gasteiger partial charge is 0.495 e. The van der Waals surface area contributed by atoms with Crippen molar-refractivity contribution in [2.75, 3.05) is 12.0 Å². The van der Waals surface area contributed by atoms with Gasteiger partial charge in [-0.1, -0.05) is 18.2 Å². The van der Waals surface area contributed by atoms with Crippen LogP contribution in [-0.2, 0) is 9.59 Å². The lowest BCUT2D eigenvalue weighted by atomic mass is 10.1. The number of amides is 4. The van der Waals surface area contributed by atoms with Crippen LogP contribution in [0.5, 0.6) is 5.75 Å². The second-order valence-corrected chi connectivity index (χ2v) is 7.80. The molecule has 2 heterocycles. The Bertz CT molecular complexity index is 1310. The lowest BCUT2D eigenvalue weighted by Crippen LogP contribution is -2.55. The topological polar surface area (TPSA) is 109 Å². The first-order valence-corrected chi connectivity index (χ1v) is 10.6. The van der Waals surface area contributed by atoms with Crippen LogP contribution in [0, 0.1) is 12.7 Å². The van der Waals surface area contributed by atoms with Gasteiger partial charge in [0.25, 0.3) is 17.7 Å². The van der Waals surface area contributed by atoms with Crippen molar-refractivity contribution in [3.05, 3.63) is 89.5 Å². The number of pyridine rings is 1. The Balaban J connectivity index is 1.73. The Morgan fingerprint density at radius 2 is 1.91 bits per heavy atom. The summed E-state index contributed by atoms with van der Waals surface area (Å²) in [6.45, 7) is 1.79. The molecule has 2 aromatic carbocycles. The number of imide groups is 1. The second-order valence-electron chi connectivity index (χ2n) is 7.80. The molecule has 1 saturated heterocycles. The minimum Gasteiger partial charge on any atom is -0.495 e. The van der Waals surface area contributed by atoms with Crippen molar-refractivity contribution in [1.29, 1.82) is 0 Å². The number of aryl methyl sites for hydroxylation is 1. The number of nitrogens with one attached hydrogen (secondary N) is 1.